The number of alkyl halides is 2. The maximum absolute atomic E-state index is 12.4. The van der Waals surface area contributed by atoms with E-state index in [1.54, 1.807) is 0 Å². The Morgan fingerprint density at radius 3 is 2.69 bits per heavy atom. The highest BCUT2D eigenvalue weighted by atomic mass is 19.3. The molecule has 0 radical (unpaired) electrons. The van der Waals surface area contributed by atoms with Crippen LogP contribution in [0.1, 0.15) is 24.0 Å². The van der Waals surface area contributed by atoms with Crippen molar-refractivity contribution in [3.63, 3.8) is 0 Å². The predicted molar refractivity (Wildman–Crippen MR) is 52.0 cm³/mol. The van der Waals surface area contributed by atoms with Crippen LogP contribution in [0.2, 0.25) is 0 Å². The molecule has 0 fully saturated rings. The number of hydrogen-bond acceptors (Lipinski definition) is 3. The van der Waals surface area contributed by atoms with Crippen molar-refractivity contribution in [3.05, 3.63) is 39.4 Å². The zero-order valence-electron chi connectivity index (χ0n) is 8.19. The molecule has 0 atom stereocenters. The third-order valence-corrected chi connectivity index (χ3v) is 2.05. The summed E-state index contributed by atoms with van der Waals surface area (Å²) < 4.78 is 24.8. The van der Waals surface area contributed by atoms with E-state index in [2.05, 4.69) is 0 Å². The highest BCUT2D eigenvalue weighted by Gasteiger charge is 2.21. The van der Waals surface area contributed by atoms with Gasteiger partial charge in [-0.25, -0.2) is 8.78 Å². The van der Waals surface area contributed by atoms with Crippen molar-refractivity contribution in [2.24, 2.45) is 0 Å². The number of nitrogens with zero attached hydrogens (tertiary/aromatic N) is 2. The lowest BCUT2D eigenvalue weighted by Crippen LogP contribution is -1.97. The fourth-order valence-corrected chi connectivity index (χ4v) is 1.29. The lowest BCUT2D eigenvalue weighted by atomic mass is 10.1. The largest absolute Gasteiger partial charge is 0.278 e. The third kappa shape index (κ3) is 2.73. The monoisotopic (exact) mass is 226 g/mol. The van der Waals surface area contributed by atoms with Crippen molar-refractivity contribution in [2.75, 3.05) is 0 Å². The minimum atomic E-state index is -2.87. The number of rotatable bonds is 4. The minimum Gasteiger partial charge on any atom is -0.258 e. The molecule has 0 aromatic heterocycles. The van der Waals surface area contributed by atoms with Gasteiger partial charge in [0.1, 0.15) is 0 Å². The Balaban J connectivity index is 3.08. The second kappa shape index (κ2) is 5.16. The molecule has 0 saturated heterocycles. The van der Waals surface area contributed by atoms with E-state index < -0.39 is 22.6 Å². The second-order valence-corrected chi connectivity index (χ2v) is 3.11. The Labute approximate surface area is 90.3 Å². The topological polar surface area (TPSA) is 66.9 Å². The van der Waals surface area contributed by atoms with Crippen molar-refractivity contribution in [1.29, 1.82) is 5.26 Å². The van der Waals surface area contributed by atoms with Gasteiger partial charge >= 0.3 is 0 Å². The lowest BCUT2D eigenvalue weighted by Gasteiger charge is -2.03. The van der Waals surface area contributed by atoms with Crippen LogP contribution in [0, 0.1) is 21.4 Å². The SMILES string of the molecule is N#CCCc1ccc(C(F)F)c([N+](=O)[O-])c1. The summed E-state index contributed by atoms with van der Waals surface area (Å²) in [6.45, 7) is 0. The molecular weight excluding hydrogens is 218 g/mol. The van der Waals surface area contributed by atoms with Crippen molar-refractivity contribution in [1.82, 2.24) is 0 Å². The summed E-state index contributed by atoms with van der Waals surface area (Å²) in [4.78, 5) is 9.72. The van der Waals surface area contributed by atoms with Crippen LogP contribution in [0.15, 0.2) is 18.2 Å². The molecule has 0 heterocycles. The molecule has 6 heteroatoms. The summed E-state index contributed by atoms with van der Waals surface area (Å²) in [6, 6.07) is 5.40. The van der Waals surface area contributed by atoms with Crippen LogP contribution in [0.3, 0.4) is 0 Å². The molecule has 0 spiro atoms. The zero-order chi connectivity index (χ0) is 12.1. The van der Waals surface area contributed by atoms with Crippen molar-refractivity contribution >= 4 is 5.69 Å². The molecule has 0 aliphatic rings. The molecule has 0 aliphatic carbocycles. The van der Waals surface area contributed by atoms with Gasteiger partial charge in [0.05, 0.1) is 16.6 Å². The van der Waals surface area contributed by atoms with Gasteiger partial charge in [0.2, 0.25) is 0 Å². The molecule has 4 nitrogen and oxygen atoms in total. The van der Waals surface area contributed by atoms with Gasteiger partial charge in [0.25, 0.3) is 12.1 Å². The zero-order valence-corrected chi connectivity index (χ0v) is 8.19. The Morgan fingerprint density at radius 2 is 2.19 bits per heavy atom. The van der Waals surface area contributed by atoms with Crippen LogP contribution in [-0.4, -0.2) is 4.92 Å². The number of hydrogen-bond donors (Lipinski definition) is 0. The van der Waals surface area contributed by atoms with E-state index in [4.69, 9.17) is 5.26 Å². The molecule has 1 aromatic rings. The summed E-state index contributed by atoms with van der Waals surface area (Å²) in [7, 11) is 0. The molecule has 0 unspecified atom stereocenters. The number of benzene rings is 1. The van der Waals surface area contributed by atoms with Crippen LogP contribution in [-0.2, 0) is 6.42 Å². The second-order valence-electron chi connectivity index (χ2n) is 3.11. The number of halogens is 2. The standard InChI is InChI=1S/C10H8F2N2O2/c11-10(12)8-4-3-7(2-1-5-13)6-9(8)14(15)16/h3-4,6,10H,1-2H2. The van der Waals surface area contributed by atoms with E-state index >= 15 is 0 Å². The van der Waals surface area contributed by atoms with E-state index in [-0.39, 0.29) is 6.42 Å². The number of nitro benzene ring substituents is 1. The van der Waals surface area contributed by atoms with Gasteiger partial charge in [-0.15, -0.1) is 0 Å². The molecule has 0 amide bonds. The third-order valence-electron chi connectivity index (χ3n) is 2.05. The average molecular weight is 226 g/mol. The van der Waals surface area contributed by atoms with Gasteiger partial charge in [-0.3, -0.25) is 10.1 Å². The highest BCUT2D eigenvalue weighted by molar-refractivity contribution is 5.44. The fourth-order valence-electron chi connectivity index (χ4n) is 1.29. The first-order valence-electron chi connectivity index (χ1n) is 4.48. The quantitative estimate of drug-likeness (QED) is 0.585. The smallest absolute Gasteiger partial charge is 0.258 e. The van der Waals surface area contributed by atoms with Gasteiger partial charge in [-0.05, 0) is 18.1 Å². The molecule has 0 N–H and O–H groups in total. The Bertz CT molecular complexity index is 441. The molecule has 0 aliphatic heterocycles. The normalized spacial score (nSPS) is 10.1. The molecule has 84 valence electrons. The number of nitro groups is 1. The van der Waals surface area contributed by atoms with Crippen LogP contribution < -0.4 is 0 Å². The van der Waals surface area contributed by atoms with Gasteiger partial charge in [-0.2, -0.15) is 5.26 Å². The van der Waals surface area contributed by atoms with E-state index in [0.717, 1.165) is 12.1 Å². The van der Waals surface area contributed by atoms with Gasteiger partial charge < -0.3 is 0 Å². The first-order valence-corrected chi connectivity index (χ1v) is 4.48. The van der Waals surface area contributed by atoms with Crippen LogP contribution in [0.4, 0.5) is 14.5 Å². The summed E-state index contributed by atoms with van der Waals surface area (Å²) in [5, 5.41) is 18.9. The Morgan fingerprint density at radius 1 is 1.50 bits per heavy atom. The Hall–Kier alpha value is -2.03. The average Bonchev–Trinajstić information content (AvgIpc) is 2.25. The lowest BCUT2D eigenvalue weighted by molar-refractivity contribution is -0.386. The van der Waals surface area contributed by atoms with E-state index in [9.17, 15) is 18.9 Å². The van der Waals surface area contributed by atoms with E-state index in [1.807, 2.05) is 6.07 Å². The van der Waals surface area contributed by atoms with Gasteiger partial charge in [0.15, 0.2) is 0 Å². The maximum Gasteiger partial charge on any atom is 0.278 e. The van der Waals surface area contributed by atoms with Crippen molar-refractivity contribution < 1.29 is 13.7 Å². The fraction of sp³-hybridized carbons (Fsp3) is 0.300. The first-order chi connectivity index (χ1) is 7.56. The molecule has 1 aromatic carbocycles. The van der Waals surface area contributed by atoms with Crippen molar-refractivity contribution in [3.8, 4) is 6.07 Å². The van der Waals surface area contributed by atoms with E-state index in [1.165, 1.54) is 6.07 Å². The molecule has 1 rings (SSSR count). The Kier molecular flexibility index (Phi) is 3.89. The number of nitriles is 1. The molecule has 0 saturated carbocycles. The number of aryl methyl sites for hydroxylation is 1. The van der Waals surface area contributed by atoms with Crippen LogP contribution in [0.5, 0.6) is 0 Å². The first kappa shape index (κ1) is 12.0. The molecule has 0 bridgehead atoms. The van der Waals surface area contributed by atoms with Gasteiger partial charge in [-0.1, -0.05) is 6.07 Å². The predicted octanol–water partition coefficient (Wildman–Crippen LogP) is 2.99. The van der Waals surface area contributed by atoms with E-state index in [0.29, 0.717) is 12.0 Å². The van der Waals surface area contributed by atoms with Gasteiger partial charge in [0, 0.05) is 12.5 Å². The summed E-state index contributed by atoms with van der Waals surface area (Å²) in [5.41, 5.74) is -0.672. The maximum atomic E-state index is 12.4. The van der Waals surface area contributed by atoms with Crippen LogP contribution >= 0.6 is 0 Å². The summed E-state index contributed by atoms with van der Waals surface area (Å²) in [5.74, 6) is 0. The summed E-state index contributed by atoms with van der Waals surface area (Å²) in [6.07, 6.45) is -2.35. The molecule has 16 heavy (non-hydrogen) atoms. The molecular formula is C10H8F2N2O2. The minimum absolute atomic E-state index is 0.200. The van der Waals surface area contributed by atoms with Crippen LogP contribution in [0.25, 0.3) is 0 Å². The highest BCUT2D eigenvalue weighted by Crippen LogP contribution is 2.29. The van der Waals surface area contributed by atoms with Crippen molar-refractivity contribution in [2.45, 2.75) is 19.3 Å². The summed E-state index contributed by atoms with van der Waals surface area (Å²) >= 11 is 0.